The predicted octanol–water partition coefficient (Wildman–Crippen LogP) is 3.38. The molecule has 0 radical (unpaired) electrons. The van der Waals surface area contributed by atoms with E-state index in [2.05, 4.69) is 4.98 Å². The number of hydrogen-bond donors (Lipinski definition) is 2. The van der Waals surface area contributed by atoms with Gasteiger partial charge in [-0.3, -0.25) is 14.4 Å². The normalized spacial score (nSPS) is 18.2. The summed E-state index contributed by atoms with van der Waals surface area (Å²) in [5.74, 6) is -1.72. The largest absolute Gasteiger partial charge is 0.491 e. The molecule has 0 spiro atoms. The van der Waals surface area contributed by atoms with E-state index in [1.54, 1.807) is 7.05 Å². The molecule has 3 heterocycles. The molecule has 41 heavy (non-hydrogen) atoms. The minimum atomic E-state index is -0.706. The molecule has 2 atom stereocenters. The van der Waals surface area contributed by atoms with Gasteiger partial charge in [-0.1, -0.05) is 31.5 Å². The molecule has 1 aromatic carbocycles. The molecule has 2 amide bonds. The van der Waals surface area contributed by atoms with Crippen molar-refractivity contribution in [2.24, 2.45) is 5.41 Å². The first-order valence-corrected chi connectivity index (χ1v) is 14.0. The third-order valence-corrected chi connectivity index (χ3v) is 7.99. The molecule has 10 nitrogen and oxygen atoms in total. The summed E-state index contributed by atoms with van der Waals surface area (Å²) in [5.41, 5.74) is -0.380. The zero-order valence-electron chi connectivity index (χ0n) is 23.8. The Morgan fingerprint density at radius 1 is 1.34 bits per heavy atom. The number of pyridine rings is 1. The van der Waals surface area contributed by atoms with Gasteiger partial charge < -0.3 is 34.1 Å². The molecule has 2 aliphatic heterocycles. The maximum absolute atomic E-state index is 13.8. The van der Waals surface area contributed by atoms with Crippen molar-refractivity contribution in [1.82, 2.24) is 14.8 Å². The summed E-state index contributed by atoms with van der Waals surface area (Å²) >= 11 is 5.91. The lowest BCUT2D eigenvalue weighted by Gasteiger charge is -2.38. The number of fused-ring (bicyclic) bond motifs is 1. The van der Waals surface area contributed by atoms with Crippen LogP contribution in [0.5, 0.6) is 5.75 Å². The lowest BCUT2D eigenvalue weighted by molar-refractivity contribution is -0.214. The molecular weight excluding hydrogens is 557 g/mol. The van der Waals surface area contributed by atoms with E-state index in [4.69, 9.17) is 25.8 Å². The Labute approximate surface area is 243 Å². The minimum Gasteiger partial charge on any atom is -0.491 e. The van der Waals surface area contributed by atoms with Crippen LogP contribution < -0.4 is 10.3 Å². The minimum absolute atomic E-state index is 0.000553. The molecule has 0 bridgehead atoms. The van der Waals surface area contributed by atoms with Gasteiger partial charge in [-0.15, -0.1) is 0 Å². The van der Waals surface area contributed by atoms with Crippen LogP contribution in [0.2, 0.25) is 5.02 Å². The van der Waals surface area contributed by atoms with Crippen LogP contribution in [0.4, 0.5) is 4.39 Å². The molecule has 4 rings (SSSR count). The highest BCUT2D eigenvalue weighted by Gasteiger charge is 2.37. The van der Waals surface area contributed by atoms with Gasteiger partial charge in [-0.2, -0.15) is 0 Å². The van der Waals surface area contributed by atoms with E-state index in [9.17, 15) is 23.9 Å². The predicted molar refractivity (Wildman–Crippen MR) is 150 cm³/mol. The van der Waals surface area contributed by atoms with Crippen molar-refractivity contribution in [2.75, 3.05) is 40.5 Å². The van der Waals surface area contributed by atoms with Crippen molar-refractivity contribution in [2.45, 2.75) is 58.5 Å². The van der Waals surface area contributed by atoms with E-state index in [-0.39, 0.29) is 54.7 Å². The number of hydrogen-bond acceptors (Lipinski definition) is 7. The van der Waals surface area contributed by atoms with E-state index < -0.39 is 41.0 Å². The van der Waals surface area contributed by atoms with Gasteiger partial charge in [0.2, 0.25) is 0 Å². The maximum Gasteiger partial charge on any atom is 0.291 e. The van der Waals surface area contributed by atoms with Crippen molar-refractivity contribution >= 4 is 23.4 Å². The number of H-pyrrole nitrogens is 1. The molecule has 0 saturated carbocycles. The fraction of sp³-hybridized carbons (Fsp3) is 0.552. The zero-order chi connectivity index (χ0) is 29.9. The Morgan fingerprint density at radius 3 is 2.73 bits per heavy atom. The summed E-state index contributed by atoms with van der Waals surface area (Å²) in [5, 5.41) is 9.99. The smallest absolute Gasteiger partial charge is 0.291 e. The van der Waals surface area contributed by atoms with Crippen LogP contribution in [0.3, 0.4) is 0 Å². The SMILES string of the molecule is COc1c2c(c(C(=O)N(C)CC(OC3CCCCO3)C(C)(C)CO)[nH]c1=O)CCN(Cc1ccc(F)c(Cl)c1)C2=O. The molecule has 2 aliphatic rings. The number of amides is 2. The molecule has 12 heteroatoms. The summed E-state index contributed by atoms with van der Waals surface area (Å²) in [7, 11) is 2.87. The molecule has 2 N–H and O–H groups in total. The number of halogens is 2. The second-order valence-electron chi connectivity index (χ2n) is 11.2. The van der Waals surface area contributed by atoms with Crippen molar-refractivity contribution in [3.63, 3.8) is 0 Å². The van der Waals surface area contributed by atoms with Crippen LogP contribution in [0.1, 0.15) is 65.1 Å². The number of aliphatic hydroxyl groups excluding tert-OH is 1. The number of aromatic nitrogens is 1. The van der Waals surface area contributed by atoms with Crippen LogP contribution in [0.25, 0.3) is 0 Å². The number of carbonyl (C=O) groups excluding carboxylic acids is 2. The quantitative estimate of drug-likeness (QED) is 0.433. The Hall–Kier alpha value is -2.99. The molecule has 2 unspecified atom stereocenters. The second-order valence-corrected chi connectivity index (χ2v) is 11.6. The summed E-state index contributed by atoms with van der Waals surface area (Å²) in [6, 6.07) is 4.21. The third-order valence-electron chi connectivity index (χ3n) is 7.70. The number of methoxy groups -OCH3 is 1. The summed E-state index contributed by atoms with van der Waals surface area (Å²) in [4.78, 5) is 45.9. The molecule has 1 aromatic heterocycles. The van der Waals surface area contributed by atoms with Gasteiger partial charge in [0.05, 0.1) is 30.4 Å². The molecule has 224 valence electrons. The Bertz CT molecular complexity index is 1340. The maximum atomic E-state index is 13.8. The first kappa shape index (κ1) is 31.0. The third kappa shape index (κ3) is 6.74. The van der Waals surface area contributed by atoms with Gasteiger partial charge in [-0.05, 0) is 48.9 Å². The van der Waals surface area contributed by atoms with Gasteiger partial charge in [-0.25, -0.2) is 4.39 Å². The number of nitrogens with zero attached hydrogens (tertiary/aromatic N) is 2. The summed E-state index contributed by atoms with van der Waals surface area (Å²) in [6.07, 6.45) is 1.91. The topological polar surface area (TPSA) is 121 Å². The first-order chi connectivity index (χ1) is 19.5. The Balaban J connectivity index is 1.61. The molecule has 0 aliphatic carbocycles. The number of aliphatic hydroxyl groups is 1. The van der Waals surface area contributed by atoms with Gasteiger partial charge in [0.15, 0.2) is 12.0 Å². The van der Waals surface area contributed by atoms with E-state index in [1.807, 2.05) is 13.8 Å². The summed E-state index contributed by atoms with van der Waals surface area (Å²) < 4.78 is 30.9. The van der Waals surface area contributed by atoms with Crippen molar-refractivity contribution in [1.29, 1.82) is 0 Å². The fourth-order valence-corrected chi connectivity index (χ4v) is 5.29. The van der Waals surface area contributed by atoms with Gasteiger partial charge >= 0.3 is 0 Å². The highest BCUT2D eigenvalue weighted by Crippen LogP contribution is 2.31. The molecule has 2 aromatic rings. The second kappa shape index (κ2) is 12.9. The highest BCUT2D eigenvalue weighted by molar-refractivity contribution is 6.30. The van der Waals surface area contributed by atoms with Crippen LogP contribution in [0.15, 0.2) is 23.0 Å². The van der Waals surface area contributed by atoms with E-state index >= 15 is 0 Å². The lowest BCUT2D eigenvalue weighted by Crippen LogP contribution is -2.48. The Morgan fingerprint density at radius 2 is 2.10 bits per heavy atom. The van der Waals surface area contributed by atoms with Gasteiger partial charge in [0, 0.05) is 38.7 Å². The van der Waals surface area contributed by atoms with Crippen LogP contribution in [-0.4, -0.2) is 84.6 Å². The number of ether oxygens (including phenoxy) is 3. The molecule has 1 fully saturated rings. The number of likely N-dealkylation sites (N-methyl/N-ethyl adjacent to an activating group) is 1. The number of aromatic amines is 1. The average molecular weight is 594 g/mol. The molecular formula is C29H37ClFN3O7. The highest BCUT2D eigenvalue weighted by atomic mass is 35.5. The standard InChI is InChI=1S/C29H37ClFN3O7/c1-29(2,16-35)21(41-22-7-5-6-12-40-22)15-33(3)28(38)24-18-10-11-34(14-17-8-9-20(31)19(30)13-17)27(37)23(18)25(39-4)26(36)32-24/h8-9,13,21-22,35H,5-7,10-12,14-16H2,1-4H3,(H,32,36). The van der Waals surface area contributed by atoms with Crippen molar-refractivity contribution in [3.8, 4) is 5.75 Å². The number of nitrogens with one attached hydrogen (secondary N) is 1. The van der Waals surface area contributed by atoms with E-state index in [1.165, 1.54) is 35.1 Å². The monoisotopic (exact) mass is 593 g/mol. The van der Waals surface area contributed by atoms with E-state index in [0.29, 0.717) is 17.7 Å². The van der Waals surface area contributed by atoms with Gasteiger partial charge in [0.1, 0.15) is 11.5 Å². The first-order valence-electron chi connectivity index (χ1n) is 13.7. The average Bonchev–Trinajstić information content (AvgIpc) is 2.96. The number of rotatable bonds is 10. The van der Waals surface area contributed by atoms with Crippen molar-refractivity contribution < 1.29 is 33.3 Å². The number of benzene rings is 1. The zero-order valence-corrected chi connectivity index (χ0v) is 24.6. The van der Waals surface area contributed by atoms with Crippen molar-refractivity contribution in [3.05, 3.63) is 61.8 Å². The van der Waals surface area contributed by atoms with Crippen LogP contribution >= 0.6 is 11.6 Å². The van der Waals surface area contributed by atoms with Gasteiger partial charge in [0.25, 0.3) is 17.4 Å². The fourth-order valence-electron chi connectivity index (χ4n) is 5.09. The summed E-state index contributed by atoms with van der Waals surface area (Å²) in [6.45, 7) is 4.60. The van der Waals surface area contributed by atoms with Crippen LogP contribution in [0, 0.1) is 11.2 Å². The van der Waals surface area contributed by atoms with Crippen LogP contribution in [-0.2, 0) is 22.4 Å². The number of carbonyl (C=O) groups is 2. The van der Waals surface area contributed by atoms with E-state index in [0.717, 1.165) is 19.3 Å². The Kier molecular flexibility index (Phi) is 9.73. The lowest BCUT2D eigenvalue weighted by atomic mass is 9.86. The molecule has 1 saturated heterocycles.